The molecule has 0 spiro atoms. The fourth-order valence-corrected chi connectivity index (χ4v) is 3.86. The smallest absolute Gasteiger partial charge is 0.227 e. The fraction of sp³-hybridized carbons (Fsp3) is 0.316. The van der Waals surface area contributed by atoms with Crippen LogP contribution in [0.15, 0.2) is 46.9 Å². The molecule has 1 heterocycles. The predicted molar refractivity (Wildman–Crippen MR) is 107 cm³/mol. The summed E-state index contributed by atoms with van der Waals surface area (Å²) in [7, 11) is 0. The van der Waals surface area contributed by atoms with Crippen LogP contribution in [0.3, 0.4) is 0 Å². The summed E-state index contributed by atoms with van der Waals surface area (Å²) in [6.45, 7) is 2.76. The number of hydrogen-bond donors (Lipinski definition) is 1. The lowest BCUT2D eigenvalue weighted by molar-refractivity contribution is -0.121. The van der Waals surface area contributed by atoms with Crippen molar-refractivity contribution in [2.45, 2.75) is 19.4 Å². The Bertz CT molecular complexity index is 723. The quantitative estimate of drug-likeness (QED) is 0.668. The van der Waals surface area contributed by atoms with E-state index in [2.05, 4.69) is 50.4 Å². The SMILES string of the molecule is O=C(Nc1cc(Cl)cc(Cl)c1)C1CCN(Cc2ccc(Br)cc2)CC1. The Morgan fingerprint density at radius 3 is 2.28 bits per heavy atom. The molecule has 25 heavy (non-hydrogen) atoms. The second kappa shape index (κ2) is 8.54. The molecular formula is C19H19BrCl2N2O. The molecule has 0 aliphatic carbocycles. The number of benzene rings is 2. The van der Waals surface area contributed by atoms with Crippen LogP contribution < -0.4 is 5.32 Å². The number of piperidine rings is 1. The minimum absolute atomic E-state index is 0.0268. The van der Waals surface area contributed by atoms with E-state index in [0.717, 1.165) is 36.9 Å². The Morgan fingerprint density at radius 1 is 1.08 bits per heavy atom. The van der Waals surface area contributed by atoms with Crippen molar-refractivity contribution >= 4 is 50.7 Å². The highest BCUT2D eigenvalue weighted by Crippen LogP contribution is 2.25. The third-order valence-electron chi connectivity index (χ3n) is 4.41. The lowest BCUT2D eigenvalue weighted by Gasteiger charge is -2.31. The molecule has 1 aliphatic rings. The summed E-state index contributed by atoms with van der Waals surface area (Å²) >= 11 is 15.4. The van der Waals surface area contributed by atoms with Crippen molar-refractivity contribution < 1.29 is 4.79 Å². The third-order valence-corrected chi connectivity index (χ3v) is 5.37. The van der Waals surface area contributed by atoms with E-state index in [-0.39, 0.29) is 11.8 Å². The van der Waals surface area contributed by atoms with Gasteiger partial charge in [-0.2, -0.15) is 0 Å². The Balaban J connectivity index is 1.51. The molecule has 1 N–H and O–H groups in total. The second-order valence-electron chi connectivity index (χ2n) is 6.32. The van der Waals surface area contributed by atoms with Crippen molar-refractivity contribution in [3.05, 3.63) is 62.5 Å². The average molecular weight is 442 g/mol. The number of carbonyl (C=O) groups is 1. The van der Waals surface area contributed by atoms with E-state index in [1.165, 1.54) is 5.56 Å². The first-order valence-electron chi connectivity index (χ1n) is 8.23. The first kappa shape index (κ1) is 18.7. The lowest BCUT2D eigenvalue weighted by Crippen LogP contribution is -2.37. The molecule has 3 nitrogen and oxygen atoms in total. The van der Waals surface area contributed by atoms with Gasteiger partial charge < -0.3 is 5.32 Å². The Hall–Kier alpha value is -1.07. The van der Waals surface area contributed by atoms with E-state index in [0.29, 0.717) is 15.7 Å². The summed E-state index contributed by atoms with van der Waals surface area (Å²) < 4.78 is 1.09. The maximum Gasteiger partial charge on any atom is 0.227 e. The van der Waals surface area contributed by atoms with E-state index >= 15 is 0 Å². The molecule has 6 heteroatoms. The summed E-state index contributed by atoms with van der Waals surface area (Å²) in [6.07, 6.45) is 1.72. The number of amides is 1. The zero-order chi connectivity index (χ0) is 17.8. The van der Waals surface area contributed by atoms with Gasteiger partial charge in [0, 0.05) is 32.7 Å². The van der Waals surface area contributed by atoms with E-state index in [9.17, 15) is 4.79 Å². The summed E-state index contributed by atoms with van der Waals surface area (Å²) in [5.41, 5.74) is 1.94. The number of likely N-dealkylation sites (tertiary alicyclic amines) is 1. The Kier molecular flexibility index (Phi) is 6.39. The molecule has 0 aromatic heterocycles. The maximum absolute atomic E-state index is 12.5. The highest BCUT2D eigenvalue weighted by molar-refractivity contribution is 9.10. The molecule has 1 amide bonds. The largest absolute Gasteiger partial charge is 0.326 e. The predicted octanol–water partition coefficient (Wildman–Crippen LogP) is 5.61. The fourth-order valence-electron chi connectivity index (χ4n) is 3.07. The topological polar surface area (TPSA) is 32.3 Å². The summed E-state index contributed by atoms with van der Waals surface area (Å²) in [5.74, 6) is 0.0700. The van der Waals surface area contributed by atoms with Crippen LogP contribution >= 0.6 is 39.1 Å². The third kappa shape index (κ3) is 5.45. The van der Waals surface area contributed by atoms with Crippen LogP contribution in [-0.4, -0.2) is 23.9 Å². The Labute approximate surface area is 166 Å². The van der Waals surface area contributed by atoms with Gasteiger partial charge >= 0.3 is 0 Å². The van der Waals surface area contributed by atoms with Crippen molar-refractivity contribution in [3.8, 4) is 0 Å². The minimum Gasteiger partial charge on any atom is -0.326 e. The van der Waals surface area contributed by atoms with Gasteiger partial charge in [0.2, 0.25) is 5.91 Å². The van der Waals surface area contributed by atoms with Crippen LogP contribution in [0.1, 0.15) is 18.4 Å². The van der Waals surface area contributed by atoms with Gasteiger partial charge in [-0.15, -0.1) is 0 Å². The van der Waals surface area contributed by atoms with Gasteiger partial charge in [-0.3, -0.25) is 9.69 Å². The highest BCUT2D eigenvalue weighted by atomic mass is 79.9. The van der Waals surface area contributed by atoms with Gasteiger partial charge in [-0.25, -0.2) is 0 Å². The van der Waals surface area contributed by atoms with Gasteiger partial charge in [-0.05, 0) is 61.8 Å². The van der Waals surface area contributed by atoms with Gasteiger partial charge in [0.25, 0.3) is 0 Å². The van der Waals surface area contributed by atoms with Crippen LogP contribution in [-0.2, 0) is 11.3 Å². The molecule has 1 aliphatic heterocycles. The van der Waals surface area contributed by atoms with Crippen molar-refractivity contribution in [1.29, 1.82) is 0 Å². The van der Waals surface area contributed by atoms with Crippen LogP contribution in [0.2, 0.25) is 10.0 Å². The molecule has 2 aromatic rings. The highest BCUT2D eigenvalue weighted by Gasteiger charge is 2.25. The number of nitrogens with one attached hydrogen (secondary N) is 1. The number of anilines is 1. The lowest BCUT2D eigenvalue weighted by atomic mass is 9.95. The van der Waals surface area contributed by atoms with E-state index in [1.807, 2.05) is 0 Å². The zero-order valence-corrected chi connectivity index (χ0v) is 16.7. The molecule has 1 fully saturated rings. The van der Waals surface area contributed by atoms with E-state index < -0.39 is 0 Å². The summed E-state index contributed by atoms with van der Waals surface area (Å²) in [6, 6.07) is 13.5. The van der Waals surface area contributed by atoms with Crippen LogP contribution in [0.25, 0.3) is 0 Å². The molecule has 0 unspecified atom stereocenters. The van der Waals surface area contributed by atoms with Crippen molar-refractivity contribution in [2.24, 2.45) is 5.92 Å². The average Bonchev–Trinajstić information content (AvgIpc) is 2.56. The van der Waals surface area contributed by atoms with Gasteiger partial charge in [0.15, 0.2) is 0 Å². The van der Waals surface area contributed by atoms with Crippen LogP contribution in [0.4, 0.5) is 5.69 Å². The molecule has 0 radical (unpaired) electrons. The first-order chi connectivity index (χ1) is 12.0. The van der Waals surface area contributed by atoms with Crippen LogP contribution in [0.5, 0.6) is 0 Å². The van der Waals surface area contributed by atoms with Crippen LogP contribution in [0, 0.1) is 5.92 Å². The van der Waals surface area contributed by atoms with E-state index in [1.54, 1.807) is 18.2 Å². The monoisotopic (exact) mass is 440 g/mol. The molecular weight excluding hydrogens is 423 g/mol. The first-order valence-corrected chi connectivity index (χ1v) is 9.78. The molecule has 0 atom stereocenters. The van der Waals surface area contributed by atoms with E-state index in [4.69, 9.17) is 23.2 Å². The van der Waals surface area contributed by atoms with Gasteiger partial charge in [0.1, 0.15) is 0 Å². The van der Waals surface area contributed by atoms with Gasteiger partial charge in [0.05, 0.1) is 0 Å². The number of rotatable bonds is 4. The van der Waals surface area contributed by atoms with Gasteiger partial charge in [-0.1, -0.05) is 51.3 Å². The van der Waals surface area contributed by atoms with Crippen molar-refractivity contribution in [1.82, 2.24) is 4.90 Å². The molecule has 0 bridgehead atoms. The molecule has 0 saturated carbocycles. The number of nitrogens with zero attached hydrogens (tertiary/aromatic N) is 1. The number of hydrogen-bond acceptors (Lipinski definition) is 2. The maximum atomic E-state index is 12.5. The summed E-state index contributed by atoms with van der Waals surface area (Å²) in [5, 5.41) is 3.97. The zero-order valence-electron chi connectivity index (χ0n) is 13.6. The Morgan fingerprint density at radius 2 is 1.68 bits per heavy atom. The normalized spacial score (nSPS) is 16.0. The number of carbonyl (C=O) groups excluding carboxylic acids is 1. The minimum atomic E-state index is 0.0268. The molecule has 3 rings (SSSR count). The second-order valence-corrected chi connectivity index (χ2v) is 8.11. The van der Waals surface area contributed by atoms with Crippen molar-refractivity contribution in [2.75, 3.05) is 18.4 Å². The standard InChI is InChI=1S/C19H19BrCl2N2O/c20-15-3-1-13(2-4-15)12-24-7-5-14(6-8-24)19(25)23-18-10-16(21)9-17(22)11-18/h1-4,9-11,14H,5-8,12H2,(H,23,25). The molecule has 2 aromatic carbocycles. The number of halogens is 3. The molecule has 132 valence electrons. The molecule has 1 saturated heterocycles. The summed E-state index contributed by atoms with van der Waals surface area (Å²) in [4.78, 5) is 14.9. The van der Waals surface area contributed by atoms with Crippen molar-refractivity contribution in [3.63, 3.8) is 0 Å².